The molecule has 5 heterocycles. The highest BCUT2D eigenvalue weighted by molar-refractivity contribution is 8.13. The molecule has 2 atom stereocenters. The van der Waals surface area contributed by atoms with Crippen LogP contribution in [0.2, 0.25) is 0 Å². The van der Waals surface area contributed by atoms with Crippen molar-refractivity contribution in [1.82, 2.24) is 24.1 Å². The van der Waals surface area contributed by atoms with Crippen LogP contribution in [0.5, 0.6) is 0 Å². The number of pyridine rings is 1. The topological polar surface area (TPSA) is 259 Å². The number of hydrogen-bond acceptors (Lipinski definition) is 14. The largest absolute Gasteiger partial charge is 0.543 e. The van der Waals surface area contributed by atoms with E-state index in [1.54, 1.807) is 0 Å². The lowest BCUT2D eigenvalue weighted by Gasteiger charge is -2.50. The Bertz CT molecular complexity index is 2160. The predicted octanol–water partition coefficient (Wildman–Crippen LogP) is 0.0844. The Labute approximate surface area is 302 Å². The average molecular weight is 751 g/mol. The Balaban J connectivity index is 1.21. The highest BCUT2D eigenvalue weighted by atomic mass is 32.2. The number of aliphatic carboxylic acids is 2. The maximum atomic E-state index is 13.4. The van der Waals surface area contributed by atoms with Crippen LogP contribution in [0.1, 0.15) is 25.2 Å². The summed E-state index contributed by atoms with van der Waals surface area (Å²) in [6, 6.07) is 12.3. The number of benzene rings is 1. The number of carbonyl (C=O) groups is 4. The molecule has 17 nitrogen and oxygen atoms in total. The molecule has 20 heteroatoms. The number of β-lactam (4-membered cyclic amide) rings is 1. The molecule has 3 aromatic heterocycles. The van der Waals surface area contributed by atoms with Crippen LogP contribution in [-0.4, -0.2) is 81.3 Å². The first-order chi connectivity index (χ1) is 24.2. The maximum Gasteiger partial charge on any atom is 0.350 e. The Morgan fingerprint density at radius 2 is 2.06 bits per heavy atom. The number of oxime groups is 1. The summed E-state index contributed by atoms with van der Waals surface area (Å²) in [7, 11) is 0. The number of fused-ring (bicyclic) bond motifs is 2. The molecule has 6 rings (SSSR count). The molecule has 1 fully saturated rings. The van der Waals surface area contributed by atoms with Gasteiger partial charge < -0.3 is 41.2 Å². The molecule has 4 aromatic rings. The van der Waals surface area contributed by atoms with Gasteiger partial charge in [0.25, 0.3) is 11.8 Å². The lowest BCUT2D eigenvalue weighted by molar-refractivity contribution is -0.663. The van der Waals surface area contributed by atoms with E-state index < -0.39 is 46.5 Å². The molecule has 264 valence electrons. The number of carboxylic acids is 2. The number of rotatable bonds is 12. The molecule has 51 heavy (non-hydrogen) atoms. The minimum absolute atomic E-state index is 0.000264. The van der Waals surface area contributed by atoms with Crippen molar-refractivity contribution < 1.29 is 38.8 Å². The van der Waals surface area contributed by atoms with Crippen LogP contribution in [0.25, 0.3) is 11.0 Å². The summed E-state index contributed by atoms with van der Waals surface area (Å²) in [5, 5.41) is 34.9. The first-order valence-electron chi connectivity index (χ1n) is 15.1. The minimum atomic E-state index is -1.81. The Morgan fingerprint density at radius 3 is 2.75 bits per heavy atom. The van der Waals surface area contributed by atoms with E-state index in [1.807, 2.05) is 59.4 Å². The van der Waals surface area contributed by atoms with Gasteiger partial charge in [0.2, 0.25) is 22.7 Å². The monoisotopic (exact) mass is 750 g/mol. The molecule has 1 saturated heterocycles. The number of hydrogen-bond donors (Lipinski definition) is 5. The number of anilines is 1. The van der Waals surface area contributed by atoms with Gasteiger partial charge in [0.05, 0.1) is 11.7 Å². The predicted molar refractivity (Wildman–Crippen MR) is 186 cm³/mol. The van der Waals surface area contributed by atoms with Gasteiger partial charge in [-0.15, -0.1) is 11.8 Å². The first kappa shape index (κ1) is 35.4. The van der Waals surface area contributed by atoms with Crippen molar-refractivity contribution in [2.75, 3.05) is 11.5 Å². The molecule has 2 aliphatic heterocycles. The number of carboxylic acid groups (broad SMARTS) is 2. The molecule has 0 bridgehead atoms. The molecule has 2 amide bonds. The van der Waals surface area contributed by atoms with Crippen molar-refractivity contribution in [1.29, 1.82) is 5.41 Å². The number of carbonyl (C=O) groups excluding carboxylic acids is 3. The molecule has 0 saturated carbocycles. The fourth-order valence-electron chi connectivity index (χ4n) is 5.44. The normalized spacial score (nSPS) is 17.6. The van der Waals surface area contributed by atoms with Crippen LogP contribution in [0.15, 0.2) is 76.2 Å². The number of aromatic nitrogens is 4. The summed E-state index contributed by atoms with van der Waals surface area (Å²) in [5.41, 5.74) is 11.8. The highest BCUT2D eigenvalue weighted by Gasteiger charge is 2.53. The fraction of sp³-hybridized carbons (Fsp3) is 0.258. The molecule has 0 radical (unpaired) electrons. The van der Waals surface area contributed by atoms with E-state index in [4.69, 9.17) is 21.7 Å². The van der Waals surface area contributed by atoms with Crippen molar-refractivity contribution in [2.24, 2.45) is 10.9 Å². The fourth-order valence-corrected chi connectivity index (χ4v) is 7.83. The number of amides is 2. The number of nitrogen functional groups attached to an aromatic ring is 1. The van der Waals surface area contributed by atoms with Crippen LogP contribution >= 0.6 is 35.1 Å². The summed E-state index contributed by atoms with van der Waals surface area (Å²) >= 11 is 3.20. The van der Waals surface area contributed by atoms with E-state index in [-0.39, 0.29) is 34.1 Å². The zero-order valence-corrected chi connectivity index (χ0v) is 29.4. The summed E-state index contributed by atoms with van der Waals surface area (Å²) in [6.07, 6.45) is 3.75. The molecular formula is C31H30N10O7S3. The number of nitrogens with two attached hydrogens (primary N) is 2. The lowest BCUT2D eigenvalue weighted by atomic mass is 10.0. The van der Waals surface area contributed by atoms with Crippen LogP contribution < -0.4 is 26.5 Å². The summed E-state index contributed by atoms with van der Waals surface area (Å²) in [5.74, 6) is -4.54. The summed E-state index contributed by atoms with van der Waals surface area (Å²) in [6.45, 7) is 3.14. The van der Waals surface area contributed by atoms with E-state index in [0.717, 1.165) is 37.9 Å². The second kappa shape index (κ2) is 14.0. The standard InChI is InChI=1S/C31H30N10O7S3/c1-31(2,28(46)47)48-37-20(23-36-30(34)51-38-23)24(42)35-21-25(43)41-22(27(44)45)16(14-49-26(21)41)13-39-9-4-7-18-19(39)8-10-40(18)12-15-5-3-6-17(11-15)50-29(32)33/h3-11,21,26H,12-14H2,1-2H3,(H7-,32,33,34,35,36,38,42,44,45,46,47)/b37-20-/t21-,26-/m1/s1. The number of amidine groups is 1. The van der Waals surface area contributed by atoms with E-state index in [2.05, 4.69) is 24.4 Å². The van der Waals surface area contributed by atoms with Gasteiger partial charge in [-0.05, 0) is 37.6 Å². The number of nitrogens with zero attached hydrogens (tertiary/aromatic N) is 6. The van der Waals surface area contributed by atoms with Gasteiger partial charge in [0, 0.05) is 52.6 Å². The zero-order chi connectivity index (χ0) is 36.6. The summed E-state index contributed by atoms with van der Waals surface area (Å²) in [4.78, 5) is 61.8. The Morgan fingerprint density at radius 1 is 1.27 bits per heavy atom. The second-order valence-electron chi connectivity index (χ2n) is 11.9. The van der Waals surface area contributed by atoms with Gasteiger partial charge in [-0.3, -0.25) is 19.9 Å². The highest BCUT2D eigenvalue weighted by Crippen LogP contribution is 2.40. The van der Waals surface area contributed by atoms with Crippen LogP contribution in [0.4, 0.5) is 5.13 Å². The van der Waals surface area contributed by atoms with Crippen LogP contribution in [0, 0.1) is 5.41 Å². The molecule has 1 aromatic carbocycles. The molecule has 0 spiro atoms. The maximum absolute atomic E-state index is 13.4. The number of thioether (sulfide) groups is 2. The minimum Gasteiger partial charge on any atom is -0.543 e. The van der Waals surface area contributed by atoms with Crippen LogP contribution in [-0.2, 0) is 37.1 Å². The SMILES string of the molecule is CC(C)(O/N=C(\C(=O)N[C@@H]1C(=O)N2C(C(=O)[O-])=C(C[n+]3cccc4c3ccn4Cc3cccc(SC(=N)N)c3)CS[C@H]12)c1nsc(N)n1)C(=O)O. The molecule has 7 N–H and O–H groups in total. The van der Waals surface area contributed by atoms with Gasteiger partial charge in [0.1, 0.15) is 16.9 Å². The van der Waals surface area contributed by atoms with Crippen molar-refractivity contribution >= 4 is 85.9 Å². The Kier molecular flexibility index (Phi) is 9.73. The van der Waals surface area contributed by atoms with Gasteiger partial charge >= 0.3 is 5.97 Å². The Hall–Kier alpha value is -5.47. The van der Waals surface area contributed by atoms with Crippen LogP contribution in [0.3, 0.4) is 0 Å². The van der Waals surface area contributed by atoms with Gasteiger partial charge in [-0.2, -0.15) is 13.9 Å². The average Bonchev–Trinajstić information content (AvgIpc) is 3.69. The smallest absolute Gasteiger partial charge is 0.350 e. The van der Waals surface area contributed by atoms with E-state index >= 15 is 0 Å². The molecule has 2 aliphatic rings. The quantitative estimate of drug-likeness (QED) is 0.0322. The van der Waals surface area contributed by atoms with Crippen molar-refractivity contribution in [2.45, 2.75) is 48.8 Å². The third kappa shape index (κ3) is 7.23. The van der Waals surface area contributed by atoms with E-state index in [1.165, 1.54) is 37.4 Å². The van der Waals surface area contributed by atoms with Gasteiger partial charge in [-0.25, -0.2) is 4.79 Å². The van der Waals surface area contributed by atoms with Crippen molar-refractivity contribution in [3.63, 3.8) is 0 Å². The van der Waals surface area contributed by atoms with E-state index in [9.17, 15) is 29.4 Å². The molecule has 0 aliphatic carbocycles. The van der Waals surface area contributed by atoms with Gasteiger partial charge in [0.15, 0.2) is 23.0 Å². The van der Waals surface area contributed by atoms with Crippen molar-refractivity contribution in [3.8, 4) is 0 Å². The zero-order valence-electron chi connectivity index (χ0n) is 26.9. The molecule has 0 unspecified atom stereocenters. The van der Waals surface area contributed by atoms with E-state index in [0.29, 0.717) is 12.1 Å². The van der Waals surface area contributed by atoms with Gasteiger partial charge in [-0.1, -0.05) is 29.1 Å². The van der Waals surface area contributed by atoms with Crippen molar-refractivity contribution in [3.05, 3.63) is 77.5 Å². The molecular weight excluding hydrogens is 721 g/mol. The third-order valence-electron chi connectivity index (χ3n) is 7.93. The second-order valence-corrected chi connectivity index (χ2v) is 14.9. The first-order valence-corrected chi connectivity index (χ1v) is 17.7. The summed E-state index contributed by atoms with van der Waals surface area (Å²) < 4.78 is 7.90. The third-order valence-corrected chi connectivity index (χ3v) is 10.5. The number of nitrogens with one attached hydrogen (secondary N) is 2. The lowest BCUT2D eigenvalue weighted by Crippen LogP contribution is -2.71.